The van der Waals surface area contributed by atoms with Gasteiger partial charge < -0.3 is 9.80 Å². The summed E-state index contributed by atoms with van der Waals surface area (Å²) in [5, 5.41) is 0. The molecular weight excluding hydrogens is 250 g/mol. The van der Waals surface area contributed by atoms with Crippen LogP contribution in [0.5, 0.6) is 0 Å². The summed E-state index contributed by atoms with van der Waals surface area (Å²) in [5.74, 6) is 1.12. The molecule has 0 N–H and O–H groups in total. The molecule has 0 aromatic rings. The van der Waals surface area contributed by atoms with Crippen LogP contribution in [0.15, 0.2) is 0 Å². The first-order valence-corrected chi connectivity index (χ1v) is 8.21. The Hall–Kier alpha value is -0.610. The number of likely N-dealkylation sites (N-methyl/N-ethyl adjacent to an activating group) is 1. The van der Waals surface area contributed by atoms with Gasteiger partial charge in [0.25, 0.3) is 0 Å². The minimum atomic E-state index is 0.289. The van der Waals surface area contributed by atoms with Gasteiger partial charge in [0.2, 0.25) is 5.91 Å². The van der Waals surface area contributed by atoms with Gasteiger partial charge in [-0.1, -0.05) is 6.92 Å². The zero-order chi connectivity index (χ0) is 14.7. The van der Waals surface area contributed by atoms with Crippen LogP contribution in [-0.2, 0) is 4.79 Å². The van der Waals surface area contributed by atoms with E-state index in [0.717, 1.165) is 25.6 Å². The van der Waals surface area contributed by atoms with Gasteiger partial charge in [-0.05, 0) is 52.1 Å². The van der Waals surface area contributed by atoms with Crippen molar-refractivity contribution in [1.82, 2.24) is 14.7 Å². The normalized spacial score (nSPS) is 30.9. The molecule has 0 aromatic heterocycles. The molecule has 1 aliphatic carbocycles. The van der Waals surface area contributed by atoms with Gasteiger partial charge in [-0.3, -0.25) is 9.69 Å². The van der Waals surface area contributed by atoms with E-state index in [4.69, 9.17) is 0 Å². The predicted octanol–water partition coefficient (Wildman–Crippen LogP) is 1.66. The molecule has 1 unspecified atom stereocenters. The topological polar surface area (TPSA) is 26.8 Å². The second-order valence-corrected chi connectivity index (χ2v) is 6.67. The van der Waals surface area contributed by atoms with E-state index in [-0.39, 0.29) is 5.91 Å². The zero-order valence-corrected chi connectivity index (χ0v) is 13.6. The standard InChI is InChI=1S/C16H31N3O/c1-5-17(3)13(2)14-6-8-15(9-7-14)19-11-10-18(4)16(20)12-19/h13-15H,5-12H2,1-4H3. The third-order valence-corrected chi connectivity index (χ3v) is 5.62. The first-order chi connectivity index (χ1) is 9.52. The molecule has 4 heteroatoms. The van der Waals surface area contributed by atoms with Crippen molar-refractivity contribution in [1.29, 1.82) is 0 Å². The van der Waals surface area contributed by atoms with E-state index in [2.05, 4.69) is 30.7 Å². The first-order valence-electron chi connectivity index (χ1n) is 8.21. The molecule has 1 aliphatic heterocycles. The Labute approximate surface area is 124 Å². The fourth-order valence-electron chi connectivity index (χ4n) is 3.69. The van der Waals surface area contributed by atoms with E-state index in [1.165, 1.54) is 25.7 Å². The molecule has 0 spiro atoms. The molecule has 2 fully saturated rings. The lowest BCUT2D eigenvalue weighted by molar-refractivity contribution is -0.135. The molecule has 0 aromatic carbocycles. The van der Waals surface area contributed by atoms with E-state index >= 15 is 0 Å². The molecule has 20 heavy (non-hydrogen) atoms. The van der Waals surface area contributed by atoms with Gasteiger partial charge >= 0.3 is 0 Å². The molecule has 0 bridgehead atoms. The Morgan fingerprint density at radius 1 is 1.25 bits per heavy atom. The third-order valence-electron chi connectivity index (χ3n) is 5.62. The summed E-state index contributed by atoms with van der Waals surface area (Å²) in [7, 11) is 4.15. The summed E-state index contributed by atoms with van der Waals surface area (Å²) >= 11 is 0. The highest BCUT2D eigenvalue weighted by Crippen LogP contribution is 2.31. The Morgan fingerprint density at radius 2 is 1.90 bits per heavy atom. The third kappa shape index (κ3) is 3.53. The molecule has 4 nitrogen and oxygen atoms in total. The minimum absolute atomic E-state index is 0.289. The highest BCUT2D eigenvalue weighted by atomic mass is 16.2. The van der Waals surface area contributed by atoms with Crippen molar-refractivity contribution >= 4 is 5.91 Å². The van der Waals surface area contributed by atoms with Crippen LogP contribution >= 0.6 is 0 Å². The monoisotopic (exact) mass is 281 g/mol. The van der Waals surface area contributed by atoms with Gasteiger partial charge in [0.05, 0.1) is 6.54 Å². The molecule has 0 radical (unpaired) electrons. The van der Waals surface area contributed by atoms with Crippen LogP contribution in [0, 0.1) is 5.92 Å². The number of rotatable bonds is 4. The summed E-state index contributed by atoms with van der Waals surface area (Å²) in [6.45, 7) is 8.33. The van der Waals surface area contributed by atoms with Crippen LogP contribution in [0.25, 0.3) is 0 Å². The van der Waals surface area contributed by atoms with Gasteiger partial charge in [-0.15, -0.1) is 0 Å². The predicted molar refractivity (Wildman–Crippen MR) is 82.7 cm³/mol. The second-order valence-electron chi connectivity index (χ2n) is 6.67. The Bertz CT molecular complexity index is 326. The van der Waals surface area contributed by atoms with Crippen molar-refractivity contribution in [2.75, 3.05) is 40.3 Å². The number of carbonyl (C=O) groups is 1. The number of hydrogen-bond acceptors (Lipinski definition) is 3. The SMILES string of the molecule is CCN(C)C(C)C1CCC(N2CCN(C)C(=O)C2)CC1. The van der Waals surface area contributed by atoms with Crippen LogP contribution in [0.4, 0.5) is 0 Å². The van der Waals surface area contributed by atoms with Crippen LogP contribution in [0.1, 0.15) is 39.5 Å². The molecule has 116 valence electrons. The lowest BCUT2D eigenvalue weighted by atomic mass is 9.81. The van der Waals surface area contributed by atoms with Crippen molar-refractivity contribution in [3.8, 4) is 0 Å². The van der Waals surface area contributed by atoms with Gasteiger partial charge in [0.15, 0.2) is 0 Å². The van der Waals surface area contributed by atoms with Crippen molar-refractivity contribution in [2.24, 2.45) is 5.92 Å². The smallest absolute Gasteiger partial charge is 0.236 e. The summed E-state index contributed by atoms with van der Waals surface area (Å²) < 4.78 is 0. The molecular formula is C16H31N3O. The van der Waals surface area contributed by atoms with E-state index in [1.54, 1.807) is 0 Å². The lowest BCUT2D eigenvalue weighted by Gasteiger charge is -2.42. The van der Waals surface area contributed by atoms with Crippen LogP contribution < -0.4 is 0 Å². The maximum atomic E-state index is 11.8. The van der Waals surface area contributed by atoms with E-state index in [1.807, 2.05) is 11.9 Å². The van der Waals surface area contributed by atoms with Crippen LogP contribution in [-0.4, -0.2) is 73.0 Å². The van der Waals surface area contributed by atoms with Crippen LogP contribution in [0.3, 0.4) is 0 Å². The average molecular weight is 281 g/mol. The summed E-state index contributed by atoms with van der Waals surface area (Å²) in [6.07, 6.45) is 5.17. The summed E-state index contributed by atoms with van der Waals surface area (Å²) in [6, 6.07) is 1.33. The fourth-order valence-corrected chi connectivity index (χ4v) is 3.69. The highest BCUT2D eigenvalue weighted by Gasteiger charge is 2.32. The van der Waals surface area contributed by atoms with Gasteiger partial charge in [0.1, 0.15) is 0 Å². The van der Waals surface area contributed by atoms with Crippen molar-refractivity contribution in [3.63, 3.8) is 0 Å². The van der Waals surface area contributed by atoms with Gasteiger partial charge in [0, 0.05) is 32.2 Å². The molecule has 2 rings (SSSR count). The van der Waals surface area contributed by atoms with E-state index < -0.39 is 0 Å². The Morgan fingerprint density at radius 3 is 2.45 bits per heavy atom. The van der Waals surface area contributed by atoms with Crippen molar-refractivity contribution < 1.29 is 4.79 Å². The van der Waals surface area contributed by atoms with Crippen LogP contribution in [0.2, 0.25) is 0 Å². The number of carbonyl (C=O) groups excluding carboxylic acids is 1. The molecule has 1 saturated carbocycles. The zero-order valence-electron chi connectivity index (χ0n) is 13.6. The summed E-state index contributed by atoms with van der Waals surface area (Å²) in [5.41, 5.74) is 0. The van der Waals surface area contributed by atoms with Gasteiger partial charge in [-0.25, -0.2) is 0 Å². The van der Waals surface area contributed by atoms with Crippen molar-refractivity contribution in [3.05, 3.63) is 0 Å². The number of nitrogens with zero attached hydrogens (tertiary/aromatic N) is 3. The summed E-state index contributed by atoms with van der Waals surface area (Å²) in [4.78, 5) is 18.6. The first kappa shape index (κ1) is 15.8. The molecule has 1 heterocycles. The fraction of sp³-hybridized carbons (Fsp3) is 0.938. The Balaban J connectivity index is 1.81. The Kier molecular flexibility index (Phi) is 5.44. The number of piperazine rings is 1. The second kappa shape index (κ2) is 6.90. The lowest BCUT2D eigenvalue weighted by Crippen LogP contribution is -2.53. The minimum Gasteiger partial charge on any atom is -0.343 e. The molecule has 2 aliphatic rings. The maximum absolute atomic E-state index is 11.8. The van der Waals surface area contributed by atoms with E-state index in [0.29, 0.717) is 18.6 Å². The highest BCUT2D eigenvalue weighted by molar-refractivity contribution is 5.78. The maximum Gasteiger partial charge on any atom is 0.236 e. The van der Waals surface area contributed by atoms with Gasteiger partial charge in [-0.2, -0.15) is 0 Å². The average Bonchev–Trinajstić information content (AvgIpc) is 2.48. The number of amides is 1. The molecule has 1 atom stereocenters. The number of hydrogen-bond donors (Lipinski definition) is 0. The van der Waals surface area contributed by atoms with Crippen molar-refractivity contribution in [2.45, 2.75) is 51.6 Å². The van der Waals surface area contributed by atoms with E-state index in [9.17, 15) is 4.79 Å². The quantitative estimate of drug-likeness (QED) is 0.784. The molecule has 1 amide bonds. The largest absolute Gasteiger partial charge is 0.343 e. The molecule has 1 saturated heterocycles.